The summed E-state index contributed by atoms with van der Waals surface area (Å²) >= 11 is 12.5. The van der Waals surface area contributed by atoms with Crippen LogP contribution in [-0.2, 0) is 8.85 Å². The molecule has 3 unspecified atom stereocenters. The zero-order valence-corrected chi connectivity index (χ0v) is 12.1. The van der Waals surface area contributed by atoms with Crippen molar-refractivity contribution in [2.24, 2.45) is 0 Å². The van der Waals surface area contributed by atoms with E-state index in [1.165, 1.54) is 0 Å². The topological polar surface area (TPSA) is 18.5 Å². The zero-order chi connectivity index (χ0) is 11.3. The van der Waals surface area contributed by atoms with Gasteiger partial charge in [0.05, 0.1) is 10.8 Å². The molecule has 1 rings (SSSR count). The standard InChI is InChI=1S/C10H20Cl2O2Si/c1-3-13-15(14-4-2)9-7-5-6-8(11)10(9)12/h8-10,15H,3-7H2,1-2H3. The SMILES string of the molecule is CCO[SiH](OCC)C1CCCC(Cl)C1Cl. The normalized spacial score (nSPS) is 32.2. The third-order valence-electron chi connectivity index (χ3n) is 2.78. The Morgan fingerprint density at radius 2 is 1.73 bits per heavy atom. The summed E-state index contributed by atoms with van der Waals surface area (Å²) in [5.41, 5.74) is 0.364. The number of hydrogen-bond acceptors (Lipinski definition) is 2. The van der Waals surface area contributed by atoms with Gasteiger partial charge in [-0.1, -0.05) is 6.42 Å². The molecule has 1 aliphatic rings. The summed E-state index contributed by atoms with van der Waals surface area (Å²) in [4.78, 5) is 0. The van der Waals surface area contributed by atoms with Gasteiger partial charge in [-0.2, -0.15) is 0 Å². The van der Waals surface area contributed by atoms with Crippen LogP contribution in [0.3, 0.4) is 0 Å². The predicted octanol–water partition coefficient (Wildman–Crippen LogP) is 3.05. The molecule has 0 bridgehead atoms. The second kappa shape index (κ2) is 7.12. The van der Waals surface area contributed by atoms with Crippen LogP contribution in [0.4, 0.5) is 0 Å². The fraction of sp³-hybridized carbons (Fsp3) is 1.00. The van der Waals surface area contributed by atoms with Crippen molar-refractivity contribution < 1.29 is 8.85 Å². The van der Waals surface area contributed by atoms with Crippen LogP contribution in [0.25, 0.3) is 0 Å². The molecule has 0 aromatic rings. The highest BCUT2D eigenvalue weighted by Gasteiger charge is 2.38. The minimum absolute atomic E-state index is 0.0233. The molecule has 0 heterocycles. The smallest absolute Gasteiger partial charge is 0.326 e. The Labute approximate surface area is 104 Å². The van der Waals surface area contributed by atoms with Gasteiger partial charge in [-0.25, -0.2) is 0 Å². The third kappa shape index (κ3) is 3.90. The van der Waals surface area contributed by atoms with Gasteiger partial charge in [-0.05, 0) is 26.7 Å². The van der Waals surface area contributed by atoms with Gasteiger partial charge < -0.3 is 8.85 Å². The summed E-state index contributed by atoms with van der Waals surface area (Å²) in [7, 11) is -1.63. The summed E-state index contributed by atoms with van der Waals surface area (Å²) in [6.45, 7) is 5.43. The van der Waals surface area contributed by atoms with Gasteiger partial charge in [0, 0.05) is 18.8 Å². The molecule has 5 heteroatoms. The Morgan fingerprint density at radius 1 is 1.13 bits per heavy atom. The quantitative estimate of drug-likeness (QED) is 0.565. The van der Waals surface area contributed by atoms with Crippen molar-refractivity contribution in [2.45, 2.75) is 49.4 Å². The Morgan fingerprint density at radius 3 is 2.27 bits per heavy atom. The van der Waals surface area contributed by atoms with Gasteiger partial charge in [-0.3, -0.25) is 0 Å². The highest BCUT2D eigenvalue weighted by atomic mass is 35.5. The first kappa shape index (κ1) is 13.8. The fourth-order valence-corrected chi connectivity index (χ4v) is 5.46. The summed E-state index contributed by atoms with van der Waals surface area (Å²) < 4.78 is 11.4. The van der Waals surface area contributed by atoms with Gasteiger partial charge in [0.25, 0.3) is 0 Å². The number of hydrogen-bond donors (Lipinski definition) is 0. The van der Waals surface area contributed by atoms with Crippen molar-refractivity contribution >= 4 is 32.5 Å². The van der Waals surface area contributed by atoms with Crippen molar-refractivity contribution in [3.63, 3.8) is 0 Å². The molecule has 0 aromatic carbocycles. The van der Waals surface area contributed by atoms with Crippen LogP contribution in [0.5, 0.6) is 0 Å². The molecule has 0 amide bonds. The molecule has 0 N–H and O–H groups in total. The fourth-order valence-electron chi connectivity index (χ4n) is 2.05. The molecule has 1 aliphatic carbocycles. The monoisotopic (exact) mass is 270 g/mol. The van der Waals surface area contributed by atoms with E-state index in [2.05, 4.69) is 0 Å². The van der Waals surface area contributed by atoms with Crippen LogP contribution < -0.4 is 0 Å². The molecular weight excluding hydrogens is 251 g/mol. The van der Waals surface area contributed by atoms with E-state index < -0.39 is 9.28 Å². The van der Waals surface area contributed by atoms with Crippen LogP contribution in [0.2, 0.25) is 5.54 Å². The molecule has 1 saturated carbocycles. The Balaban J connectivity index is 2.55. The average molecular weight is 271 g/mol. The Hall–Kier alpha value is 0.717. The van der Waals surface area contributed by atoms with Crippen LogP contribution in [0, 0.1) is 0 Å². The number of rotatable bonds is 5. The molecule has 3 atom stereocenters. The minimum atomic E-state index is -1.63. The predicted molar refractivity (Wildman–Crippen MR) is 67.3 cm³/mol. The molecule has 90 valence electrons. The van der Waals surface area contributed by atoms with E-state index >= 15 is 0 Å². The van der Waals surface area contributed by atoms with Crippen molar-refractivity contribution in [3.8, 4) is 0 Å². The largest absolute Gasteiger partial charge is 0.397 e. The van der Waals surface area contributed by atoms with E-state index in [0.29, 0.717) is 18.8 Å². The van der Waals surface area contributed by atoms with Gasteiger partial charge in [-0.15, -0.1) is 23.2 Å². The highest BCUT2D eigenvalue weighted by molar-refractivity contribution is 6.49. The van der Waals surface area contributed by atoms with Crippen LogP contribution in [-0.4, -0.2) is 33.3 Å². The first-order valence-corrected chi connectivity index (χ1v) is 8.20. The van der Waals surface area contributed by atoms with Crippen molar-refractivity contribution in [1.29, 1.82) is 0 Å². The lowest BCUT2D eigenvalue weighted by atomic mass is 9.99. The van der Waals surface area contributed by atoms with E-state index in [-0.39, 0.29) is 10.8 Å². The lowest BCUT2D eigenvalue weighted by Crippen LogP contribution is -2.39. The van der Waals surface area contributed by atoms with Crippen LogP contribution >= 0.6 is 23.2 Å². The Kier molecular flexibility index (Phi) is 6.54. The maximum atomic E-state index is 6.34. The van der Waals surface area contributed by atoms with E-state index in [9.17, 15) is 0 Å². The van der Waals surface area contributed by atoms with Crippen LogP contribution in [0.15, 0.2) is 0 Å². The second-order valence-corrected chi connectivity index (χ2v) is 7.16. The maximum Gasteiger partial charge on any atom is 0.326 e. The van der Waals surface area contributed by atoms with E-state index in [4.69, 9.17) is 32.1 Å². The summed E-state index contributed by atoms with van der Waals surface area (Å²) in [6, 6.07) is 0. The molecule has 0 spiro atoms. The third-order valence-corrected chi connectivity index (χ3v) is 7.04. The molecule has 0 aromatic heterocycles. The first-order valence-electron chi connectivity index (χ1n) is 5.72. The molecular formula is C10H20Cl2O2Si. The van der Waals surface area contributed by atoms with Gasteiger partial charge in [0.15, 0.2) is 0 Å². The minimum Gasteiger partial charge on any atom is -0.397 e. The number of halogens is 2. The summed E-state index contributed by atoms with van der Waals surface area (Å²) in [6.07, 6.45) is 3.27. The second-order valence-electron chi connectivity index (χ2n) is 3.83. The molecule has 0 saturated heterocycles. The van der Waals surface area contributed by atoms with Crippen molar-refractivity contribution in [3.05, 3.63) is 0 Å². The molecule has 0 radical (unpaired) electrons. The average Bonchev–Trinajstić information content (AvgIpc) is 2.22. The van der Waals surface area contributed by atoms with E-state index in [1.54, 1.807) is 0 Å². The van der Waals surface area contributed by atoms with Crippen LogP contribution in [0.1, 0.15) is 33.1 Å². The zero-order valence-electron chi connectivity index (χ0n) is 9.42. The lowest BCUT2D eigenvalue weighted by molar-refractivity contribution is 0.197. The summed E-state index contributed by atoms with van der Waals surface area (Å²) in [5, 5.41) is 0.108. The van der Waals surface area contributed by atoms with Gasteiger partial charge in [0.1, 0.15) is 0 Å². The van der Waals surface area contributed by atoms with Gasteiger partial charge in [0.2, 0.25) is 0 Å². The maximum absolute atomic E-state index is 6.34. The molecule has 1 fully saturated rings. The Bertz CT molecular complexity index is 177. The van der Waals surface area contributed by atoms with E-state index in [0.717, 1.165) is 19.3 Å². The highest BCUT2D eigenvalue weighted by Crippen LogP contribution is 2.38. The van der Waals surface area contributed by atoms with E-state index in [1.807, 2.05) is 13.8 Å². The summed E-state index contributed by atoms with van der Waals surface area (Å²) in [5.74, 6) is 0. The number of alkyl halides is 2. The molecule has 15 heavy (non-hydrogen) atoms. The van der Waals surface area contributed by atoms with Crippen molar-refractivity contribution in [2.75, 3.05) is 13.2 Å². The lowest BCUT2D eigenvalue weighted by Gasteiger charge is -2.34. The first-order chi connectivity index (χ1) is 7.20. The molecule has 0 aliphatic heterocycles. The van der Waals surface area contributed by atoms with Gasteiger partial charge >= 0.3 is 9.28 Å². The van der Waals surface area contributed by atoms with Crippen molar-refractivity contribution in [1.82, 2.24) is 0 Å². The molecule has 2 nitrogen and oxygen atoms in total.